The van der Waals surface area contributed by atoms with Crippen LogP contribution in [0.3, 0.4) is 0 Å². The number of carbonyl (C=O) groups excluding carboxylic acids is 1. The molecule has 1 aliphatic rings. The van der Waals surface area contributed by atoms with Gasteiger partial charge in [-0.05, 0) is 12.3 Å². The van der Waals surface area contributed by atoms with Gasteiger partial charge in [-0.15, -0.1) is 0 Å². The van der Waals surface area contributed by atoms with Gasteiger partial charge in [0.1, 0.15) is 5.94 Å². The SMILES string of the molecule is CC1CC1=C=O. The molecule has 0 heterocycles. The molecular weight excluding hydrogens is 76.1 g/mol. The van der Waals surface area contributed by atoms with Crippen molar-refractivity contribution in [2.24, 2.45) is 5.92 Å². The largest absolute Gasteiger partial charge is 0.234 e. The Bertz CT molecular complexity index is 109. The summed E-state index contributed by atoms with van der Waals surface area (Å²) < 4.78 is 0. The molecule has 0 saturated heterocycles. The molecule has 0 spiro atoms. The van der Waals surface area contributed by atoms with E-state index in [4.69, 9.17) is 0 Å². The summed E-state index contributed by atoms with van der Waals surface area (Å²) in [5.74, 6) is 2.41. The Labute approximate surface area is 36.7 Å². The molecule has 0 amide bonds. The molecule has 1 nitrogen and oxygen atoms in total. The Balaban J connectivity index is 2.67. The van der Waals surface area contributed by atoms with Gasteiger partial charge in [0.05, 0.1) is 0 Å². The Morgan fingerprint density at radius 2 is 2.50 bits per heavy atom. The fourth-order valence-electron chi connectivity index (χ4n) is 0.413. The van der Waals surface area contributed by atoms with Crippen LogP contribution in [0.5, 0.6) is 0 Å². The van der Waals surface area contributed by atoms with Crippen molar-refractivity contribution in [2.75, 3.05) is 0 Å². The van der Waals surface area contributed by atoms with Crippen molar-refractivity contribution >= 4 is 5.94 Å². The van der Waals surface area contributed by atoms with Gasteiger partial charge >= 0.3 is 0 Å². The molecule has 1 rings (SSSR count). The highest BCUT2D eigenvalue weighted by Gasteiger charge is 2.24. The molecule has 1 unspecified atom stereocenters. The molecule has 1 fully saturated rings. The van der Waals surface area contributed by atoms with E-state index >= 15 is 0 Å². The summed E-state index contributed by atoms with van der Waals surface area (Å²) in [4.78, 5) is 9.62. The zero-order chi connectivity index (χ0) is 4.57. The molecular formula is C5H6O. The minimum absolute atomic E-state index is 0.558. The monoisotopic (exact) mass is 82.0 g/mol. The first-order valence-electron chi connectivity index (χ1n) is 2.08. The van der Waals surface area contributed by atoms with Crippen LogP contribution in [0.15, 0.2) is 5.57 Å². The summed E-state index contributed by atoms with van der Waals surface area (Å²) in [6.45, 7) is 2.03. The maximum absolute atomic E-state index is 9.62. The van der Waals surface area contributed by atoms with Gasteiger partial charge < -0.3 is 0 Å². The van der Waals surface area contributed by atoms with Gasteiger partial charge in [-0.3, -0.25) is 0 Å². The van der Waals surface area contributed by atoms with Crippen LogP contribution in [0.4, 0.5) is 0 Å². The number of hydrogen-bond acceptors (Lipinski definition) is 1. The van der Waals surface area contributed by atoms with Gasteiger partial charge in [0.25, 0.3) is 0 Å². The maximum Gasteiger partial charge on any atom is 0.123 e. The molecule has 32 valence electrons. The normalized spacial score (nSPS) is 29.5. The highest BCUT2D eigenvalue weighted by atomic mass is 16.1. The van der Waals surface area contributed by atoms with E-state index < -0.39 is 0 Å². The third kappa shape index (κ3) is 0.373. The Kier molecular flexibility index (Phi) is 0.578. The average molecular weight is 82.1 g/mol. The second-order valence-electron chi connectivity index (χ2n) is 1.73. The number of hydrogen-bond donors (Lipinski definition) is 0. The van der Waals surface area contributed by atoms with Crippen molar-refractivity contribution in [1.82, 2.24) is 0 Å². The number of rotatable bonds is 0. The van der Waals surface area contributed by atoms with E-state index in [-0.39, 0.29) is 0 Å². The molecule has 0 aromatic heterocycles. The second kappa shape index (κ2) is 0.954. The van der Waals surface area contributed by atoms with Crippen molar-refractivity contribution in [1.29, 1.82) is 0 Å². The minimum Gasteiger partial charge on any atom is -0.234 e. The summed E-state index contributed by atoms with van der Waals surface area (Å²) in [5, 5.41) is 0. The molecule has 1 atom stereocenters. The molecule has 0 N–H and O–H groups in total. The lowest BCUT2D eigenvalue weighted by Gasteiger charge is -1.55. The van der Waals surface area contributed by atoms with E-state index in [1.54, 1.807) is 0 Å². The van der Waals surface area contributed by atoms with Crippen molar-refractivity contribution in [3.63, 3.8) is 0 Å². The lowest BCUT2D eigenvalue weighted by molar-refractivity contribution is 0.568. The lowest BCUT2D eigenvalue weighted by Crippen LogP contribution is -1.52. The summed E-state index contributed by atoms with van der Waals surface area (Å²) >= 11 is 0. The summed E-state index contributed by atoms with van der Waals surface area (Å²) in [6, 6.07) is 0. The van der Waals surface area contributed by atoms with E-state index in [1.165, 1.54) is 0 Å². The quantitative estimate of drug-likeness (QED) is 0.395. The second-order valence-corrected chi connectivity index (χ2v) is 1.73. The molecule has 0 radical (unpaired) electrons. The standard InChI is InChI=1S/C5H6O/c1-4-2-5(4)3-6/h4H,2H2,1H3. The van der Waals surface area contributed by atoms with Gasteiger partial charge in [-0.2, -0.15) is 0 Å². The minimum atomic E-state index is 0.558. The van der Waals surface area contributed by atoms with Gasteiger partial charge in [0.15, 0.2) is 0 Å². The van der Waals surface area contributed by atoms with Crippen molar-refractivity contribution < 1.29 is 4.79 Å². The molecule has 1 heteroatoms. The topological polar surface area (TPSA) is 17.1 Å². The first-order valence-corrected chi connectivity index (χ1v) is 2.08. The molecule has 1 aliphatic carbocycles. The van der Waals surface area contributed by atoms with E-state index in [0.29, 0.717) is 5.92 Å². The Hall–Kier alpha value is -0.550. The molecule has 0 aromatic rings. The van der Waals surface area contributed by atoms with E-state index in [0.717, 1.165) is 12.0 Å². The van der Waals surface area contributed by atoms with Gasteiger partial charge in [-0.1, -0.05) is 6.92 Å². The van der Waals surface area contributed by atoms with Gasteiger partial charge in [0.2, 0.25) is 0 Å². The van der Waals surface area contributed by atoms with Crippen molar-refractivity contribution in [2.45, 2.75) is 13.3 Å². The Morgan fingerprint density at radius 1 is 2.00 bits per heavy atom. The van der Waals surface area contributed by atoms with Crippen LogP contribution in [0.2, 0.25) is 0 Å². The zero-order valence-corrected chi connectivity index (χ0v) is 3.69. The van der Waals surface area contributed by atoms with Crippen LogP contribution in [-0.4, -0.2) is 5.94 Å². The lowest BCUT2D eigenvalue weighted by atomic mass is 10.5. The molecule has 1 saturated carbocycles. The third-order valence-corrected chi connectivity index (χ3v) is 1.09. The first kappa shape index (κ1) is 3.63. The molecule has 0 aliphatic heterocycles. The predicted molar refractivity (Wildman–Crippen MR) is 23.0 cm³/mol. The van der Waals surface area contributed by atoms with Crippen LogP contribution in [0.1, 0.15) is 13.3 Å². The third-order valence-electron chi connectivity index (χ3n) is 1.09. The highest BCUT2D eigenvalue weighted by Crippen LogP contribution is 2.33. The van der Waals surface area contributed by atoms with Crippen LogP contribution in [0, 0.1) is 5.92 Å². The van der Waals surface area contributed by atoms with Gasteiger partial charge in [-0.25, -0.2) is 4.79 Å². The average Bonchev–Trinajstić information content (AvgIpc) is 2.19. The van der Waals surface area contributed by atoms with Crippen LogP contribution >= 0.6 is 0 Å². The van der Waals surface area contributed by atoms with Crippen molar-refractivity contribution in [3.05, 3.63) is 5.57 Å². The molecule has 0 aromatic carbocycles. The van der Waals surface area contributed by atoms with Crippen LogP contribution in [0.25, 0.3) is 0 Å². The highest BCUT2D eigenvalue weighted by molar-refractivity contribution is 5.59. The van der Waals surface area contributed by atoms with Crippen LogP contribution < -0.4 is 0 Å². The summed E-state index contributed by atoms with van der Waals surface area (Å²) in [5.41, 5.74) is 0.954. The fourth-order valence-corrected chi connectivity index (χ4v) is 0.413. The van der Waals surface area contributed by atoms with E-state index in [9.17, 15) is 4.79 Å². The van der Waals surface area contributed by atoms with Crippen molar-refractivity contribution in [3.8, 4) is 0 Å². The molecule has 6 heavy (non-hydrogen) atoms. The summed E-state index contributed by atoms with van der Waals surface area (Å²) in [6.07, 6.45) is 0.990. The summed E-state index contributed by atoms with van der Waals surface area (Å²) in [7, 11) is 0. The van der Waals surface area contributed by atoms with E-state index in [1.807, 2.05) is 12.9 Å². The predicted octanol–water partition coefficient (Wildman–Crippen LogP) is 0.784. The zero-order valence-electron chi connectivity index (χ0n) is 3.69. The fraction of sp³-hybridized carbons (Fsp3) is 0.600. The maximum atomic E-state index is 9.62. The first-order chi connectivity index (χ1) is 2.84. The van der Waals surface area contributed by atoms with E-state index in [2.05, 4.69) is 0 Å². The molecule has 0 bridgehead atoms. The Morgan fingerprint density at radius 3 is 2.50 bits per heavy atom. The number of allylic oxidation sites excluding steroid dienone is 1. The van der Waals surface area contributed by atoms with Gasteiger partial charge in [0, 0.05) is 5.57 Å². The van der Waals surface area contributed by atoms with Crippen LogP contribution in [-0.2, 0) is 4.79 Å². The smallest absolute Gasteiger partial charge is 0.123 e.